The van der Waals surface area contributed by atoms with E-state index in [1.807, 2.05) is 30.5 Å². The van der Waals surface area contributed by atoms with E-state index >= 15 is 0 Å². The van der Waals surface area contributed by atoms with E-state index in [4.69, 9.17) is 16.3 Å². The summed E-state index contributed by atoms with van der Waals surface area (Å²) in [7, 11) is 0. The van der Waals surface area contributed by atoms with Crippen molar-refractivity contribution in [1.29, 1.82) is 0 Å². The summed E-state index contributed by atoms with van der Waals surface area (Å²) in [5, 5.41) is 26.9. The Labute approximate surface area is 168 Å². The summed E-state index contributed by atoms with van der Waals surface area (Å²) < 4.78 is 6.30. The lowest BCUT2D eigenvalue weighted by Gasteiger charge is -2.34. The van der Waals surface area contributed by atoms with Gasteiger partial charge in [-0.1, -0.05) is 11.6 Å². The third kappa shape index (κ3) is 4.00. The van der Waals surface area contributed by atoms with Gasteiger partial charge in [-0.15, -0.1) is 11.3 Å². The number of aromatic nitrogens is 1. The third-order valence-electron chi connectivity index (χ3n) is 5.80. The maximum Gasteiger partial charge on any atom is 0.122 e. The maximum atomic E-state index is 10.6. The van der Waals surface area contributed by atoms with Crippen LogP contribution in [0.5, 0.6) is 0 Å². The number of aliphatic hydroxyl groups is 2. The fourth-order valence-electron chi connectivity index (χ4n) is 4.33. The average Bonchev–Trinajstić information content (AvgIpc) is 3.26. The second kappa shape index (κ2) is 8.05. The second-order valence-electron chi connectivity index (χ2n) is 7.55. The minimum absolute atomic E-state index is 0.0191. The summed E-state index contributed by atoms with van der Waals surface area (Å²) >= 11 is 7.64. The zero-order valence-electron chi connectivity index (χ0n) is 15.3. The molecule has 2 aromatic rings. The van der Waals surface area contributed by atoms with E-state index in [2.05, 4.69) is 10.3 Å². The van der Waals surface area contributed by atoms with Crippen molar-refractivity contribution >= 4 is 28.6 Å². The van der Waals surface area contributed by atoms with Crippen LogP contribution in [-0.2, 0) is 11.3 Å². The highest BCUT2D eigenvalue weighted by molar-refractivity contribution is 7.09. The van der Waals surface area contributed by atoms with Crippen LogP contribution < -0.4 is 5.32 Å². The van der Waals surface area contributed by atoms with Gasteiger partial charge in [0.15, 0.2) is 0 Å². The molecule has 1 aliphatic carbocycles. The number of thiazole rings is 1. The Balaban J connectivity index is 1.38. The molecule has 1 aliphatic heterocycles. The lowest BCUT2D eigenvalue weighted by Crippen LogP contribution is -2.33. The molecule has 4 rings (SSSR count). The zero-order valence-corrected chi connectivity index (χ0v) is 16.8. The number of rotatable bonds is 5. The molecular weight excluding hydrogens is 384 g/mol. The number of ether oxygens (including phenoxy) is 1. The fraction of sp³-hybridized carbons (Fsp3) is 0.550. The molecule has 2 fully saturated rings. The summed E-state index contributed by atoms with van der Waals surface area (Å²) in [5.41, 5.74) is 2.77. The van der Waals surface area contributed by atoms with E-state index in [1.54, 1.807) is 11.3 Å². The standard InChI is InChI=1S/C20H25ClN2O3S/c1-11-6-12(2-4-16(11)21)22-8-15-14-3-5-18(26-19(14)7-17(15)25)20-23-13(9-24)10-27-20/h2,4,6,10,14-15,17-19,22,24-25H,3,5,7-9H2,1H3/t14-,15-,17+,18-,19+/m1/s1. The topological polar surface area (TPSA) is 74.6 Å². The molecule has 0 spiro atoms. The molecule has 27 heavy (non-hydrogen) atoms. The summed E-state index contributed by atoms with van der Waals surface area (Å²) in [6, 6.07) is 5.91. The van der Waals surface area contributed by atoms with Crippen LogP contribution in [0.2, 0.25) is 5.02 Å². The van der Waals surface area contributed by atoms with Crippen LogP contribution in [0.25, 0.3) is 0 Å². The van der Waals surface area contributed by atoms with Gasteiger partial charge in [-0.2, -0.15) is 0 Å². The van der Waals surface area contributed by atoms with Crippen molar-refractivity contribution in [2.45, 2.75) is 51.1 Å². The number of nitrogens with one attached hydrogen (secondary N) is 1. The molecule has 1 aromatic heterocycles. The number of aryl methyl sites for hydroxylation is 1. The molecule has 1 aromatic carbocycles. The van der Waals surface area contributed by atoms with Gasteiger partial charge in [0.1, 0.15) is 11.1 Å². The molecule has 0 radical (unpaired) electrons. The van der Waals surface area contributed by atoms with Gasteiger partial charge in [0.2, 0.25) is 0 Å². The summed E-state index contributed by atoms with van der Waals surface area (Å²) in [4.78, 5) is 4.45. The lowest BCUT2D eigenvalue weighted by molar-refractivity contribution is -0.0783. The smallest absolute Gasteiger partial charge is 0.122 e. The number of hydrogen-bond donors (Lipinski definition) is 3. The first-order valence-electron chi connectivity index (χ1n) is 9.44. The van der Waals surface area contributed by atoms with E-state index in [1.165, 1.54) is 0 Å². The van der Waals surface area contributed by atoms with Crippen molar-refractivity contribution in [2.75, 3.05) is 11.9 Å². The van der Waals surface area contributed by atoms with Crippen molar-refractivity contribution in [3.63, 3.8) is 0 Å². The van der Waals surface area contributed by atoms with E-state index < -0.39 is 0 Å². The molecule has 7 heteroatoms. The van der Waals surface area contributed by atoms with Crippen molar-refractivity contribution < 1.29 is 14.9 Å². The Kier molecular flexibility index (Phi) is 5.71. The van der Waals surface area contributed by atoms with Crippen LogP contribution in [-0.4, -0.2) is 33.9 Å². The molecule has 1 saturated carbocycles. The molecule has 5 nitrogen and oxygen atoms in total. The molecule has 0 unspecified atom stereocenters. The van der Waals surface area contributed by atoms with E-state index in [-0.39, 0.29) is 30.8 Å². The van der Waals surface area contributed by atoms with E-state index in [9.17, 15) is 10.2 Å². The van der Waals surface area contributed by atoms with Crippen LogP contribution in [0.1, 0.15) is 41.6 Å². The normalized spacial score (nSPS) is 30.3. The van der Waals surface area contributed by atoms with Gasteiger partial charge >= 0.3 is 0 Å². The van der Waals surface area contributed by atoms with Gasteiger partial charge in [0, 0.05) is 35.0 Å². The lowest BCUT2D eigenvalue weighted by atomic mass is 9.86. The van der Waals surface area contributed by atoms with Crippen LogP contribution in [0, 0.1) is 18.8 Å². The first-order chi connectivity index (χ1) is 13.0. The number of nitrogens with zero attached hydrogens (tertiary/aromatic N) is 1. The van der Waals surface area contributed by atoms with E-state index in [0.29, 0.717) is 18.0 Å². The third-order valence-corrected chi connectivity index (χ3v) is 7.21. The zero-order chi connectivity index (χ0) is 19.0. The van der Waals surface area contributed by atoms with E-state index in [0.717, 1.165) is 40.7 Å². The fourth-order valence-corrected chi connectivity index (χ4v) is 5.33. The number of anilines is 1. The van der Waals surface area contributed by atoms with Crippen LogP contribution >= 0.6 is 22.9 Å². The van der Waals surface area contributed by atoms with Gasteiger partial charge in [-0.25, -0.2) is 4.98 Å². The number of benzene rings is 1. The summed E-state index contributed by atoms with van der Waals surface area (Å²) in [6.45, 7) is 2.68. The predicted octanol–water partition coefficient (Wildman–Crippen LogP) is 3.93. The van der Waals surface area contributed by atoms with Crippen LogP contribution in [0.15, 0.2) is 23.6 Å². The van der Waals surface area contributed by atoms with Gasteiger partial charge in [0.25, 0.3) is 0 Å². The van der Waals surface area contributed by atoms with Crippen molar-refractivity contribution in [1.82, 2.24) is 4.98 Å². The average molecular weight is 409 g/mol. The maximum absolute atomic E-state index is 10.6. The number of aliphatic hydroxyl groups excluding tert-OH is 2. The van der Waals surface area contributed by atoms with Crippen LogP contribution in [0.4, 0.5) is 5.69 Å². The van der Waals surface area contributed by atoms with Gasteiger partial charge in [0.05, 0.1) is 24.5 Å². The predicted molar refractivity (Wildman–Crippen MR) is 107 cm³/mol. The molecule has 3 N–H and O–H groups in total. The highest BCUT2D eigenvalue weighted by atomic mass is 35.5. The molecule has 2 aliphatic rings. The Morgan fingerprint density at radius 3 is 2.96 bits per heavy atom. The highest BCUT2D eigenvalue weighted by Crippen LogP contribution is 2.46. The summed E-state index contributed by atoms with van der Waals surface area (Å²) in [6.07, 6.45) is 2.29. The SMILES string of the molecule is Cc1cc(NC[C@@H]2[C@H]3CC[C@H](c4nc(CO)cs4)O[C@H]3C[C@@H]2O)ccc1Cl. The quantitative estimate of drug-likeness (QED) is 0.699. The number of fused-ring (bicyclic) bond motifs is 1. The van der Waals surface area contributed by atoms with Crippen LogP contribution in [0.3, 0.4) is 0 Å². The Morgan fingerprint density at radius 1 is 1.37 bits per heavy atom. The van der Waals surface area contributed by atoms with Gasteiger partial charge in [-0.05, 0) is 49.4 Å². The number of hydrogen-bond acceptors (Lipinski definition) is 6. The molecule has 146 valence electrons. The highest BCUT2D eigenvalue weighted by Gasteiger charge is 2.46. The molecule has 0 bridgehead atoms. The molecular formula is C20H25ClN2O3S. The Morgan fingerprint density at radius 2 is 2.22 bits per heavy atom. The minimum atomic E-state index is -0.357. The van der Waals surface area contributed by atoms with Crippen molar-refractivity contribution in [3.05, 3.63) is 44.9 Å². The second-order valence-corrected chi connectivity index (χ2v) is 8.85. The monoisotopic (exact) mass is 408 g/mol. The van der Waals surface area contributed by atoms with Crippen molar-refractivity contribution in [2.24, 2.45) is 11.8 Å². The van der Waals surface area contributed by atoms with Gasteiger partial charge in [-0.3, -0.25) is 0 Å². The molecule has 5 atom stereocenters. The largest absolute Gasteiger partial charge is 0.393 e. The Hall–Kier alpha value is -1.18. The number of halogens is 1. The van der Waals surface area contributed by atoms with Gasteiger partial charge < -0.3 is 20.3 Å². The minimum Gasteiger partial charge on any atom is -0.393 e. The van der Waals surface area contributed by atoms with Crippen molar-refractivity contribution in [3.8, 4) is 0 Å². The Bertz CT molecular complexity index is 799. The summed E-state index contributed by atoms with van der Waals surface area (Å²) in [5.74, 6) is 0.533. The first kappa shape index (κ1) is 19.2. The molecule has 1 saturated heterocycles. The first-order valence-corrected chi connectivity index (χ1v) is 10.7. The molecule has 0 amide bonds. The molecule has 2 heterocycles.